The zero-order valence-corrected chi connectivity index (χ0v) is 10.9. The second-order valence-electron chi connectivity index (χ2n) is 3.52. The SMILES string of the molecule is Cc1ccc(Cl)c2oc(S(=O)(=O)Cl)c(C)c12. The van der Waals surface area contributed by atoms with Crippen molar-refractivity contribution >= 4 is 42.3 Å². The topological polar surface area (TPSA) is 47.3 Å². The maximum atomic E-state index is 11.3. The second-order valence-corrected chi connectivity index (χ2v) is 6.39. The van der Waals surface area contributed by atoms with Crippen molar-refractivity contribution in [2.45, 2.75) is 18.9 Å². The van der Waals surface area contributed by atoms with Gasteiger partial charge in [-0.05, 0) is 25.5 Å². The highest BCUT2D eigenvalue weighted by Crippen LogP contribution is 2.36. The lowest BCUT2D eigenvalue weighted by Crippen LogP contribution is -1.89. The van der Waals surface area contributed by atoms with Crippen LogP contribution in [0.2, 0.25) is 5.02 Å². The molecule has 0 aliphatic carbocycles. The van der Waals surface area contributed by atoms with Crippen LogP contribution in [0.25, 0.3) is 11.0 Å². The molecular formula is C10H8Cl2O3S. The zero-order chi connectivity index (χ0) is 12.1. The molecule has 0 amide bonds. The molecule has 0 unspecified atom stereocenters. The Labute approximate surface area is 102 Å². The fourth-order valence-corrected chi connectivity index (χ4v) is 3.01. The monoisotopic (exact) mass is 278 g/mol. The summed E-state index contributed by atoms with van der Waals surface area (Å²) >= 11 is 5.93. The molecule has 0 fully saturated rings. The lowest BCUT2D eigenvalue weighted by Gasteiger charge is -1.96. The molecule has 2 rings (SSSR count). The molecule has 0 radical (unpaired) electrons. The van der Waals surface area contributed by atoms with E-state index in [2.05, 4.69) is 0 Å². The Bertz CT molecular complexity index is 671. The van der Waals surface area contributed by atoms with Gasteiger partial charge in [0.1, 0.15) is 0 Å². The number of furan rings is 1. The van der Waals surface area contributed by atoms with E-state index in [4.69, 9.17) is 26.7 Å². The van der Waals surface area contributed by atoms with Crippen LogP contribution in [0, 0.1) is 13.8 Å². The van der Waals surface area contributed by atoms with Crippen LogP contribution < -0.4 is 0 Å². The van der Waals surface area contributed by atoms with Crippen LogP contribution in [0.4, 0.5) is 0 Å². The van der Waals surface area contributed by atoms with Gasteiger partial charge in [-0.25, -0.2) is 8.42 Å². The average Bonchev–Trinajstić information content (AvgIpc) is 2.51. The van der Waals surface area contributed by atoms with Crippen molar-refractivity contribution < 1.29 is 12.8 Å². The van der Waals surface area contributed by atoms with Crippen molar-refractivity contribution in [3.8, 4) is 0 Å². The Morgan fingerprint density at radius 1 is 1.25 bits per heavy atom. The van der Waals surface area contributed by atoms with E-state index in [1.807, 2.05) is 6.92 Å². The van der Waals surface area contributed by atoms with Gasteiger partial charge in [-0.1, -0.05) is 17.7 Å². The van der Waals surface area contributed by atoms with Gasteiger partial charge in [-0.3, -0.25) is 0 Å². The molecular weight excluding hydrogens is 271 g/mol. The third-order valence-corrected chi connectivity index (χ3v) is 3.97. The van der Waals surface area contributed by atoms with Crippen molar-refractivity contribution in [2.24, 2.45) is 0 Å². The number of aryl methyl sites for hydroxylation is 2. The maximum absolute atomic E-state index is 11.3. The largest absolute Gasteiger partial charge is 0.441 e. The highest BCUT2D eigenvalue weighted by molar-refractivity contribution is 8.13. The molecule has 1 aromatic carbocycles. The highest BCUT2D eigenvalue weighted by Gasteiger charge is 2.23. The van der Waals surface area contributed by atoms with Gasteiger partial charge in [-0.15, -0.1) is 0 Å². The van der Waals surface area contributed by atoms with Crippen LogP contribution in [0.15, 0.2) is 21.6 Å². The predicted octanol–water partition coefficient (Wildman–Crippen LogP) is 3.63. The molecule has 2 aromatic rings. The highest BCUT2D eigenvalue weighted by atomic mass is 35.7. The predicted molar refractivity (Wildman–Crippen MR) is 63.7 cm³/mol. The minimum atomic E-state index is -3.88. The Kier molecular flexibility index (Phi) is 2.69. The van der Waals surface area contributed by atoms with E-state index in [9.17, 15) is 8.42 Å². The molecule has 0 N–H and O–H groups in total. The van der Waals surface area contributed by atoms with Crippen molar-refractivity contribution in [3.63, 3.8) is 0 Å². The van der Waals surface area contributed by atoms with E-state index >= 15 is 0 Å². The van der Waals surface area contributed by atoms with E-state index in [0.29, 0.717) is 21.6 Å². The smallest absolute Gasteiger partial charge is 0.294 e. The standard InChI is InChI=1S/C10H8Cl2O3S/c1-5-3-4-7(11)9-8(5)6(2)10(15-9)16(12,13)14/h3-4H,1-2H3. The van der Waals surface area contributed by atoms with Crippen LogP contribution in [-0.4, -0.2) is 8.42 Å². The number of halogens is 2. The summed E-state index contributed by atoms with van der Waals surface area (Å²) in [6.45, 7) is 3.50. The third-order valence-electron chi connectivity index (χ3n) is 2.42. The van der Waals surface area contributed by atoms with Gasteiger partial charge >= 0.3 is 0 Å². The van der Waals surface area contributed by atoms with Crippen molar-refractivity contribution in [2.75, 3.05) is 0 Å². The number of hydrogen-bond donors (Lipinski definition) is 0. The van der Waals surface area contributed by atoms with E-state index in [1.54, 1.807) is 19.1 Å². The molecule has 0 saturated heterocycles. The summed E-state index contributed by atoms with van der Waals surface area (Å²) in [5.41, 5.74) is 1.75. The minimum Gasteiger partial charge on any atom is -0.441 e. The molecule has 0 aliphatic heterocycles. The van der Waals surface area contributed by atoms with Crippen molar-refractivity contribution in [1.82, 2.24) is 0 Å². The molecule has 16 heavy (non-hydrogen) atoms. The Morgan fingerprint density at radius 2 is 1.88 bits per heavy atom. The zero-order valence-electron chi connectivity index (χ0n) is 8.54. The summed E-state index contributed by atoms with van der Waals surface area (Å²) in [6.07, 6.45) is 0. The summed E-state index contributed by atoms with van der Waals surface area (Å²) in [4.78, 5) is 0. The third kappa shape index (κ3) is 1.71. The first-order valence-corrected chi connectivity index (χ1v) is 7.14. The molecule has 1 aromatic heterocycles. The van der Waals surface area contributed by atoms with Crippen LogP contribution in [0.3, 0.4) is 0 Å². The number of hydrogen-bond acceptors (Lipinski definition) is 3. The lowest BCUT2D eigenvalue weighted by molar-refractivity contribution is 0.484. The summed E-state index contributed by atoms with van der Waals surface area (Å²) in [6, 6.07) is 3.46. The molecule has 6 heteroatoms. The molecule has 1 heterocycles. The van der Waals surface area contributed by atoms with Crippen LogP contribution in [0.1, 0.15) is 11.1 Å². The molecule has 0 saturated carbocycles. The Hall–Kier alpha value is -0.710. The first-order chi connectivity index (χ1) is 7.32. The number of fused-ring (bicyclic) bond motifs is 1. The van der Waals surface area contributed by atoms with Crippen LogP contribution in [-0.2, 0) is 9.05 Å². The van der Waals surface area contributed by atoms with Gasteiger partial charge in [0.05, 0.1) is 5.02 Å². The van der Waals surface area contributed by atoms with Crippen LogP contribution in [0.5, 0.6) is 0 Å². The van der Waals surface area contributed by atoms with Gasteiger partial charge in [-0.2, -0.15) is 0 Å². The summed E-state index contributed by atoms with van der Waals surface area (Å²) in [5.74, 6) is 0. The summed E-state index contributed by atoms with van der Waals surface area (Å²) < 4.78 is 27.8. The lowest BCUT2D eigenvalue weighted by atomic mass is 10.1. The fraction of sp³-hybridized carbons (Fsp3) is 0.200. The van der Waals surface area contributed by atoms with E-state index in [0.717, 1.165) is 5.56 Å². The molecule has 0 atom stereocenters. The Morgan fingerprint density at radius 3 is 2.38 bits per heavy atom. The van der Waals surface area contributed by atoms with Crippen molar-refractivity contribution in [1.29, 1.82) is 0 Å². The van der Waals surface area contributed by atoms with Gasteiger partial charge in [0.25, 0.3) is 9.05 Å². The van der Waals surface area contributed by atoms with Gasteiger partial charge in [0.15, 0.2) is 5.58 Å². The summed E-state index contributed by atoms with van der Waals surface area (Å²) in [5, 5.41) is 0.836. The van der Waals surface area contributed by atoms with E-state index in [1.165, 1.54) is 0 Å². The van der Waals surface area contributed by atoms with Gasteiger partial charge in [0.2, 0.25) is 5.09 Å². The maximum Gasteiger partial charge on any atom is 0.294 e. The molecule has 0 bridgehead atoms. The molecule has 3 nitrogen and oxygen atoms in total. The van der Waals surface area contributed by atoms with Gasteiger partial charge < -0.3 is 4.42 Å². The average molecular weight is 279 g/mol. The molecule has 0 aliphatic rings. The minimum absolute atomic E-state index is 0.236. The molecule has 0 spiro atoms. The van der Waals surface area contributed by atoms with E-state index in [-0.39, 0.29) is 5.09 Å². The quantitative estimate of drug-likeness (QED) is 0.749. The van der Waals surface area contributed by atoms with E-state index < -0.39 is 9.05 Å². The summed E-state index contributed by atoms with van der Waals surface area (Å²) in [7, 11) is 1.39. The number of rotatable bonds is 1. The molecule has 86 valence electrons. The second kappa shape index (κ2) is 3.65. The van der Waals surface area contributed by atoms with Crippen molar-refractivity contribution in [3.05, 3.63) is 28.3 Å². The number of benzene rings is 1. The van der Waals surface area contributed by atoms with Crippen LogP contribution >= 0.6 is 22.3 Å². The van der Waals surface area contributed by atoms with Gasteiger partial charge in [0, 0.05) is 21.6 Å². The fourth-order valence-electron chi connectivity index (χ4n) is 1.73. The Balaban J connectivity index is 2.99. The first kappa shape index (κ1) is 11.8. The first-order valence-electron chi connectivity index (χ1n) is 4.45. The normalized spacial score (nSPS) is 12.2.